The summed E-state index contributed by atoms with van der Waals surface area (Å²) in [6.07, 6.45) is 1.87. The van der Waals surface area contributed by atoms with E-state index in [4.69, 9.17) is 5.73 Å². The van der Waals surface area contributed by atoms with E-state index in [0.717, 1.165) is 17.3 Å². The highest BCUT2D eigenvalue weighted by atomic mass is 15.3. The summed E-state index contributed by atoms with van der Waals surface area (Å²) in [5, 5.41) is 7.29. The highest BCUT2D eigenvalue weighted by Gasteiger charge is 2.00. The Morgan fingerprint density at radius 3 is 2.67 bits per heavy atom. The summed E-state index contributed by atoms with van der Waals surface area (Å²) >= 11 is 0. The first-order valence-electron chi connectivity index (χ1n) is 4.65. The van der Waals surface area contributed by atoms with Crippen LogP contribution >= 0.6 is 0 Å². The molecule has 0 aromatic carbocycles. The lowest BCUT2D eigenvalue weighted by molar-refractivity contribution is 0.771. The topological polar surface area (TPSA) is 68.8 Å². The molecule has 3 N–H and O–H groups in total. The zero-order valence-electron chi connectivity index (χ0n) is 8.73. The minimum atomic E-state index is 0.696. The molecule has 0 aliphatic rings. The molecule has 78 valence electrons. The van der Waals surface area contributed by atoms with E-state index in [9.17, 15) is 0 Å². The third-order valence-corrected chi connectivity index (χ3v) is 2.10. The van der Waals surface area contributed by atoms with E-state index in [2.05, 4.69) is 15.4 Å². The molecule has 0 fully saturated rings. The van der Waals surface area contributed by atoms with Crippen LogP contribution in [0.25, 0.3) is 0 Å². The van der Waals surface area contributed by atoms with Gasteiger partial charge in [0.2, 0.25) is 0 Å². The summed E-state index contributed by atoms with van der Waals surface area (Å²) in [6, 6.07) is 5.54. The Morgan fingerprint density at radius 1 is 1.27 bits per heavy atom. The number of nitrogens with zero attached hydrogens (tertiary/aromatic N) is 3. The van der Waals surface area contributed by atoms with Crippen molar-refractivity contribution in [3.8, 4) is 0 Å². The van der Waals surface area contributed by atoms with Gasteiger partial charge in [-0.2, -0.15) is 5.10 Å². The number of rotatable bonds is 2. The van der Waals surface area contributed by atoms with E-state index < -0.39 is 0 Å². The zero-order chi connectivity index (χ0) is 10.8. The third kappa shape index (κ3) is 2.07. The summed E-state index contributed by atoms with van der Waals surface area (Å²) in [5.74, 6) is 1.52. The van der Waals surface area contributed by atoms with Crippen LogP contribution in [-0.2, 0) is 7.05 Å². The van der Waals surface area contributed by atoms with E-state index in [1.54, 1.807) is 4.68 Å². The number of pyridine rings is 1. The van der Waals surface area contributed by atoms with E-state index in [-0.39, 0.29) is 0 Å². The Labute approximate surface area is 87.9 Å². The molecule has 2 rings (SSSR count). The third-order valence-electron chi connectivity index (χ3n) is 2.10. The normalized spacial score (nSPS) is 10.3. The van der Waals surface area contributed by atoms with Crippen LogP contribution in [0.15, 0.2) is 24.4 Å². The van der Waals surface area contributed by atoms with Crippen LogP contribution in [0.3, 0.4) is 0 Å². The van der Waals surface area contributed by atoms with Crippen molar-refractivity contribution in [1.29, 1.82) is 0 Å². The van der Waals surface area contributed by atoms with Crippen molar-refractivity contribution in [2.75, 3.05) is 11.1 Å². The average molecular weight is 203 g/mol. The summed E-state index contributed by atoms with van der Waals surface area (Å²) in [5.41, 5.74) is 7.19. The Morgan fingerprint density at radius 2 is 2.07 bits per heavy atom. The lowest BCUT2D eigenvalue weighted by Crippen LogP contribution is -1.99. The van der Waals surface area contributed by atoms with Crippen molar-refractivity contribution in [2.45, 2.75) is 6.92 Å². The second-order valence-electron chi connectivity index (χ2n) is 3.37. The highest BCUT2D eigenvalue weighted by molar-refractivity contribution is 5.55. The van der Waals surface area contributed by atoms with Crippen molar-refractivity contribution in [3.63, 3.8) is 0 Å². The predicted molar refractivity (Wildman–Crippen MR) is 59.9 cm³/mol. The van der Waals surface area contributed by atoms with Gasteiger partial charge in [0.1, 0.15) is 5.82 Å². The fourth-order valence-electron chi connectivity index (χ4n) is 1.25. The fraction of sp³-hybridized carbons (Fsp3) is 0.200. The van der Waals surface area contributed by atoms with Gasteiger partial charge in [-0.1, -0.05) is 0 Å². The zero-order valence-corrected chi connectivity index (χ0v) is 8.73. The molecule has 15 heavy (non-hydrogen) atoms. The first-order valence-corrected chi connectivity index (χ1v) is 4.65. The van der Waals surface area contributed by atoms with E-state index in [0.29, 0.717) is 5.69 Å². The second-order valence-corrected chi connectivity index (χ2v) is 3.37. The van der Waals surface area contributed by atoms with E-state index in [1.807, 2.05) is 38.4 Å². The largest absolute Gasteiger partial charge is 0.397 e. The Balaban J connectivity index is 2.21. The maximum atomic E-state index is 5.68. The van der Waals surface area contributed by atoms with Gasteiger partial charge in [-0.05, 0) is 19.1 Å². The summed E-state index contributed by atoms with van der Waals surface area (Å²) in [7, 11) is 1.87. The van der Waals surface area contributed by atoms with Gasteiger partial charge in [0.15, 0.2) is 5.82 Å². The molecule has 0 aliphatic carbocycles. The quantitative estimate of drug-likeness (QED) is 0.775. The lowest BCUT2D eigenvalue weighted by atomic mass is 10.3. The molecule has 2 aromatic heterocycles. The maximum Gasteiger partial charge on any atom is 0.153 e. The van der Waals surface area contributed by atoms with E-state index >= 15 is 0 Å². The van der Waals surface area contributed by atoms with Gasteiger partial charge >= 0.3 is 0 Å². The molecule has 2 aromatic rings. The van der Waals surface area contributed by atoms with Gasteiger partial charge in [-0.3, -0.25) is 4.68 Å². The molecule has 0 spiro atoms. The number of anilines is 3. The summed E-state index contributed by atoms with van der Waals surface area (Å²) in [4.78, 5) is 4.29. The summed E-state index contributed by atoms with van der Waals surface area (Å²) < 4.78 is 1.73. The Kier molecular flexibility index (Phi) is 2.29. The molecule has 2 heterocycles. The van der Waals surface area contributed by atoms with Crippen LogP contribution in [0.4, 0.5) is 17.3 Å². The van der Waals surface area contributed by atoms with Crippen molar-refractivity contribution in [1.82, 2.24) is 14.8 Å². The van der Waals surface area contributed by atoms with Crippen LogP contribution < -0.4 is 11.1 Å². The van der Waals surface area contributed by atoms with Crippen molar-refractivity contribution < 1.29 is 0 Å². The Hall–Kier alpha value is -2.04. The monoisotopic (exact) mass is 203 g/mol. The van der Waals surface area contributed by atoms with Crippen LogP contribution in [-0.4, -0.2) is 14.8 Å². The molecule has 5 heteroatoms. The van der Waals surface area contributed by atoms with Crippen molar-refractivity contribution in [3.05, 3.63) is 30.1 Å². The molecular weight excluding hydrogens is 190 g/mol. The number of aryl methyl sites for hydroxylation is 2. The first-order chi connectivity index (χ1) is 7.15. The minimum absolute atomic E-state index is 0.696. The SMILES string of the molecule is Cc1nc(Nc2ccn(C)n2)ccc1N. The number of nitrogens with one attached hydrogen (secondary N) is 1. The first kappa shape index (κ1) is 9.51. The number of nitrogen functional groups attached to an aromatic ring is 1. The van der Waals surface area contributed by atoms with Crippen LogP contribution in [0.5, 0.6) is 0 Å². The average Bonchev–Trinajstić information content (AvgIpc) is 2.58. The van der Waals surface area contributed by atoms with Crippen LogP contribution in [0, 0.1) is 6.92 Å². The summed E-state index contributed by atoms with van der Waals surface area (Å²) in [6.45, 7) is 1.87. The molecule has 0 saturated heterocycles. The molecule has 0 amide bonds. The van der Waals surface area contributed by atoms with Crippen LogP contribution in [0.2, 0.25) is 0 Å². The smallest absolute Gasteiger partial charge is 0.153 e. The highest BCUT2D eigenvalue weighted by Crippen LogP contribution is 2.15. The van der Waals surface area contributed by atoms with Crippen molar-refractivity contribution in [2.24, 2.45) is 7.05 Å². The number of aromatic nitrogens is 3. The number of hydrogen-bond donors (Lipinski definition) is 2. The molecule has 5 nitrogen and oxygen atoms in total. The second kappa shape index (κ2) is 3.61. The standard InChI is InChI=1S/C10H13N5/c1-7-8(11)3-4-9(12-7)13-10-5-6-15(2)14-10/h3-6H,11H2,1-2H3,(H,12,13,14). The van der Waals surface area contributed by atoms with Gasteiger partial charge < -0.3 is 11.1 Å². The van der Waals surface area contributed by atoms with Crippen LogP contribution in [0.1, 0.15) is 5.69 Å². The van der Waals surface area contributed by atoms with E-state index in [1.165, 1.54) is 0 Å². The molecule has 0 bridgehead atoms. The predicted octanol–water partition coefficient (Wildman–Crippen LogP) is 1.45. The molecule has 0 saturated carbocycles. The molecule has 0 radical (unpaired) electrons. The Bertz CT molecular complexity index is 474. The number of hydrogen-bond acceptors (Lipinski definition) is 4. The molecule has 0 unspecified atom stereocenters. The molecule has 0 atom stereocenters. The van der Waals surface area contributed by atoms with Gasteiger partial charge in [0.25, 0.3) is 0 Å². The number of nitrogens with two attached hydrogens (primary N) is 1. The fourth-order valence-corrected chi connectivity index (χ4v) is 1.25. The minimum Gasteiger partial charge on any atom is -0.397 e. The molecule has 0 aliphatic heterocycles. The van der Waals surface area contributed by atoms with Gasteiger partial charge in [-0.15, -0.1) is 0 Å². The van der Waals surface area contributed by atoms with Gasteiger partial charge in [0.05, 0.1) is 11.4 Å². The molecular formula is C10H13N5. The van der Waals surface area contributed by atoms with Gasteiger partial charge in [-0.25, -0.2) is 4.98 Å². The lowest BCUT2D eigenvalue weighted by Gasteiger charge is -2.04. The van der Waals surface area contributed by atoms with Gasteiger partial charge in [0, 0.05) is 19.3 Å². The maximum absolute atomic E-state index is 5.68. The van der Waals surface area contributed by atoms with Crippen molar-refractivity contribution >= 4 is 17.3 Å².